The summed E-state index contributed by atoms with van der Waals surface area (Å²) < 4.78 is 11.1. The fourth-order valence-corrected chi connectivity index (χ4v) is 1.82. The molecule has 0 saturated heterocycles. The van der Waals surface area contributed by atoms with Crippen LogP contribution in [0.25, 0.3) is 0 Å². The Morgan fingerprint density at radius 3 is 2.88 bits per heavy atom. The Balaban J connectivity index is 2.19. The van der Waals surface area contributed by atoms with E-state index >= 15 is 0 Å². The van der Waals surface area contributed by atoms with Crippen LogP contribution in [0.5, 0.6) is 0 Å². The molecule has 0 radical (unpaired) electrons. The van der Waals surface area contributed by atoms with Gasteiger partial charge in [-0.1, -0.05) is 28.1 Å². The summed E-state index contributed by atoms with van der Waals surface area (Å²) in [5.74, 6) is -0.176. The summed E-state index contributed by atoms with van der Waals surface area (Å²) >= 11 is 3.40. The quantitative estimate of drug-likeness (QED) is 0.574. The van der Waals surface area contributed by atoms with E-state index in [1.807, 2.05) is 31.2 Å². The minimum absolute atomic E-state index is 0.176. The van der Waals surface area contributed by atoms with Crippen molar-refractivity contribution < 1.29 is 14.3 Å². The number of aryl methyl sites for hydroxylation is 1. The first-order valence-electron chi connectivity index (χ1n) is 5.70. The van der Waals surface area contributed by atoms with E-state index in [0.29, 0.717) is 32.7 Å². The predicted molar refractivity (Wildman–Crippen MR) is 69.9 cm³/mol. The second kappa shape index (κ2) is 8.25. The summed E-state index contributed by atoms with van der Waals surface area (Å²) in [6, 6.07) is 7.93. The van der Waals surface area contributed by atoms with Gasteiger partial charge in [0.1, 0.15) is 6.61 Å². The highest BCUT2D eigenvalue weighted by molar-refractivity contribution is 9.10. The molecule has 1 rings (SSSR count). The van der Waals surface area contributed by atoms with Crippen LogP contribution in [0.1, 0.15) is 18.9 Å². The summed E-state index contributed by atoms with van der Waals surface area (Å²) in [6.45, 7) is 3.37. The molecule has 0 aliphatic rings. The Bertz CT molecular complexity index is 352. The minimum Gasteiger partial charge on any atom is -0.463 e. The highest BCUT2D eigenvalue weighted by atomic mass is 79.9. The van der Waals surface area contributed by atoms with Crippen LogP contribution < -0.4 is 0 Å². The molecule has 0 atom stereocenters. The van der Waals surface area contributed by atoms with Crippen molar-refractivity contribution in [2.75, 3.05) is 19.8 Å². The van der Waals surface area contributed by atoms with E-state index in [-0.39, 0.29) is 5.97 Å². The van der Waals surface area contributed by atoms with E-state index in [2.05, 4.69) is 15.9 Å². The van der Waals surface area contributed by atoms with Crippen molar-refractivity contribution in [3.05, 3.63) is 34.3 Å². The Kier molecular flexibility index (Phi) is 6.89. The van der Waals surface area contributed by atoms with Gasteiger partial charge in [-0.15, -0.1) is 0 Å². The van der Waals surface area contributed by atoms with Gasteiger partial charge >= 0.3 is 5.97 Å². The van der Waals surface area contributed by atoms with Gasteiger partial charge in [0.2, 0.25) is 0 Å². The maximum Gasteiger partial charge on any atom is 0.306 e. The number of ether oxygens (including phenoxy) is 2. The van der Waals surface area contributed by atoms with E-state index in [0.717, 1.165) is 10.0 Å². The highest BCUT2D eigenvalue weighted by Gasteiger charge is 2.03. The first kappa shape index (κ1) is 14.2. The lowest BCUT2D eigenvalue weighted by molar-refractivity contribution is -0.145. The summed E-state index contributed by atoms with van der Waals surface area (Å²) in [5, 5.41) is 0. The number of carbonyl (C=O) groups is 1. The van der Waals surface area contributed by atoms with Crippen LogP contribution in [0.15, 0.2) is 28.7 Å². The Morgan fingerprint density at radius 2 is 2.18 bits per heavy atom. The summed E-state index contributed by atoms with van der Waals surface area (Å²) in [5.41, 5.74) is 1.13. The Morgan fingerprint density at radius 1 is 1.35 bits per heavy atom. The zero-order chi connectivity index (χ0) is 12.5. The van der Waals surface area contributed by atoms with E-state index in [9.17, 15) is 4.79 Å². The second-order valence-electron chi connectivity index (χ2n) is 3.55. The molecule has 0 aromatic heterocycles. The van der Waals surface area contributed by atoms with Crippen LogP contribution >= 0.6 is 15.9 Å². The smallest absolute Gasteiger partial charge is 0.306 e. The maximum absolute atomic E-state index is 11.4. The molecule has 0 N–H and O–H groups in total. The number of carbonyl (C=O) groups excluding carboxylic acids is 1. The molecule has 0 unspecified atom stereocenters. The van der Waals surface area contributed by atoms with Gasteiger partial charge < -0.3 is 9.47 Å². The molecule has 3 nitrogen and oxygen atoms in total. The van der Waals surface area contributed by atoms with Gasteiger partial charge in [-0.05, 0) is 31.0 Å². The number of esters is 1. The van der Waals surface area contributed by atoms with Gasteiger partial charge in [-0.2, -0.15) is 0 Å². The third-order valence-electron chi connectivity index (χ3n) is 2.20. The fourth-order valence-electron chi connectivity index (χ4n) is 1.37. The topological polar surface area (TPSA) is 35.5 Å². The zero-order valence-electron chi connectivity index (χ0n) is 9.95. The van der Waals surface area contributed by atoms with Crippen molar-refractivity contribution in [1.29, 1.82) is 0 Å². The van der Waals surface area contributed by atoms with Crippen LogP contribution in [0.3, 0.4) is 0 Å². The van der Waals surface area contributed by atoms with Crippen LogP contribution in [0.4, 0.5) is 0 Å². The Hall–Kier alpha value is -0.870. The molecule has 0 fully saturated rings. The van der Waals surface area contributed by atoms with Gasteiger partial charge in [-0.25, -0.2) is 0 Å². The molecule has 1 aromatic rings. The lowest BCUT2D eigenvalue weighted by atomic mass is 10.1. The van der Waals surface area contributed by atoms with E-state index in [4.69, 9.17) is 9.47 Å². The van der Waals surface area contributed by atoms with E-state index < -0.39 is 0 Å². The summed E-state index contributed by atoms with van der Waals surface area (Å²) in [4.78, 5) is 11.4. The summed E-state index contributed by atoms with van der Waals surface area (Å²) in [6.07, 6.45) is 1.11. The standard InChI is InChI=1S/C13H17BrO3/c1-2-16-8-9-17-13(15)7-6-11-4-3-5-12(14)10-11/h3-5,10H,2,6-9H2,1H3. The van der Waals surface area contributed by atoms with Gasteiger partial charge in [0.05, 0.1) is 6.61 Å². The molecule has 17 heavy (non-hydrogen) atoms. The molecule has 0 saturated carbocycles. The number of hydrogen-bond donors (Lipinski definition) is 0. The van der Waals surface area contributed by atoms with Crippen LogP contribution in [0.2, 0.25) is 0 Å². The molecule has 1 aromatic carbocycles. The number of rotatable bonds is 7. The number of hydrogen-bond acceptors (Lipinski definition) is 3. The number of benzene rings is 1. The van der Waals surface area contributed by atoms with Gasteiger partial charge in [0, 0.05) is 17.5 Å². The molecule has 0 aliphatic carbocycles. The first-order chi connectivity index (χ1) is 8.22. The predicted octanol–water partition coefficient (Wildman–Crippen LogP) is 2.96. The normalized spacial score (nSPS) is 10.2. The van der Waals surface area contributed by atoms with Crippen LogP contribution in [0, 0.1) is 0 Å². The van der Waals surface area contributed by atoms with E-state index in [1.165, 1.54) is 0 Å². The SMILES string of the molecule is CCOCCOC(=O)CCc1cccc(Br)c1. The molecule has 0 bridgehead atoms. The molecule has 0 spiro atoms. The average Bonchev–Trinajstić information content (AvgIpc) is 2.32. The first-order valence-corrected chi connectivity index (χ1v) is 6.49. The lowest BCUT2D eigenvalue weighted by Gasteiger charge is -2.05. The molecular weight excluding hydrogens is 284 g/mol. The van der Waals surface area contributed by atoms with Crippen LogP contribution in [-0.2, 0) is 20.7 Å². The largest absolute Gasteiger partial charge is 0.463 e. The third-order valence-corrected chi connectivity index (χ3v) is 2.69. The monoisotopic (exact) mass is 300 g/mol. The molecule has 0 amide bonds. The maximum atomic E-state index is 11.4. The highest BCUT2D eigenvalue weighted by Crippen LogP contribution is 2.13. The Labute approximate surface area is 110 Å². The van der Waals surface area contributed by atoms with Crippen molar-refractivity contribution in [3.63, 3.8) is 0 Å². The summed E-state index contributed by atoms with van der Waals surface area (Å²) in [7, 11) is 0. The fraction of sp³-hybridized carbons (Fsp3) is 0.462. The van der Waals surface area contributed by atoms with Crippen molar-refractivity contribution in [2.45, 2.75) is 19.8 Å². The number of halogens is 1. The second-order valence-corrected chi connectivity index (χ2v) is 4.46. The molecular formula is C13H17BrO3. The van der Waals surface area contributed by atoms with Gasteiger partial charge in [0.25, 0.3) is 0 Å². The molecule has 0 heterocycles. The third kappa shape index (κ3) is 6.44. The van der Waals surface area contributed by atoms with Crippen molar-refractivity contribution in [3.8, 4) is 0 Å². The average molecular weight is 301 g/mol. The van der Waals surface area contributed by atoms with Crippen molar-refractivity contribution >= 4 is 21.9 Å². The molecule has 94 valence electrons. The van der Waals surface area contributed by atoms with Crippen molar-refractivity contribution in [2.24, 2.45) is 0 Å². The van der Waals surface area contributed by atoms with Crippen molar-refractivity contribution in [1.82, 2.24) is 0 Å². The molecule has 0 aliphatic heterocycles. The van der Waals surface area contributed by atoms with E-state index in [1.54, 1.807) is 0 Å². The lowest BCUT2D eigenvalue weighted by Crippen LogP contribution is -2.11. The zero-order valence-corrected chi connectivity index (χ0v) is 11.5. The van der Waals surface area contributed by atoms with Gasteiger partial charge in [0.15, 0.2) is 0 Å². The van der Waals surface area contributed by atoms with Gasteiger partial charge in [-0.3, -0.25) is 4.79 Å². The van der Waals surface area contributed by atoms with Crippen LogP contribution in [-0.4, -0.2) is 25.8 Å². The minimum atomic E-state index is -0.176. The molecule has 4 heteroatoms.